The van der Waals surface area contributed by atoms with Crippen LogP contribution in [0, 0.1) is 0 Å². The first-order valence-corrected chi connectivity index (χ1v) is 8.81. The van der Waals surface area contributed by atoms with E-state index in [0.717, 1.165) is 45.2 Å². The summed E-state index contributed by atoms with van der Waals surface area (Å²) >= 11 is 0. The molecule has 3 saturated heterocycles. The number of hydrogen-bond acceptors (Lipinski definition) is 5. The third-order valence-electron chi connectivity index (χ3n) is 5.56. The third kappa shape index (κ3) is 3.79. The summed E-state index contributed by atoms with van der Waals surface area (Å²) in [5, 5.41) is 0. The fraction of sp³-hybridized carbons (Fsp3) is 0.938. The van der Waals surface area contributed by atoms with Crippen LogP contribution in [0.5, 0.6) is 0 Å². The number of nitrogens with zero attached hydrogens (tertiary/aromatic N) is 3. The molecule has 3 aliphatic heterocycles. The van der Waals surface area contributed by atoms with Crippen molar-refractivity contribution in [2.24, 2.45) is 5.73 Å². The molecular weight excluding hydrogens is 280 g/mol. The van der Waals surface area contributed by atoms with Gasteiger partial charge in [0.25, 0.3) is 0 Å². The average Bonchev–Trinajstić information content (AvgIpc) is 2.62. The number of carbonyl (C=O) groups is 1. The number of piperidine rings is 1. The van der Waals surface area contributed by atoms with E-state index in [0.29, 0.717) is 6.04 Å². The van der Waals surface area contributed by atoms with Crippen LogP contribution in [0.1, 0.15) is 25.7 Å². The number of hydrogen-bond donors (Lipinski definition) is 1. The molecule has 0 aromatic heterocycles. The molecule has 0 radical (unpaired) electrons. The quantitative estimate of drug-likeness (QED) is 0.778. The zero-order chi connectivity index (χ0) is 15.4. The average molecular weight is 310 g/mol. The maximum absolute atomic E-state index is 11.6. The Morgan fingerprint density at radius 3 is 1.86 bits per heavy atom. The van der Waals surface area contributed by atoms with E-state index >= 15 is 0 Å². The molecule has 22 heavy (non-hydrogen) atoms. The van der Waals surface area contributed by atoms with E-state index in [2.05, 4.69) is 9.80 Å². The van der Waals surface area contributed by atoms with E-state index in [1.807, 2.05) is 4.90 Å². The normalized spacial score (nSPS) is 27.2. The highest BCUT2D eigenvalue weighted by Gasteiger charge is 2.31. The highest BCUT2D eigenvalue weighted by molar-refractivity contribution is 5.78. The Morgan fingerprint density at radius 2 is 1.36 bits per heavy atom. The summed E-state index contributed by atoms with van der Waals surface area (Å²) in [6, 6.07) is 1.39. The number of piperazine rings is 1. The first kappa shape index (κ1) is 16.2. The van der Waals surface area contributed by atoms with E-state index < -0.39 is 0 Å². The monoisotopic (exact) mass is 310 g/mol. The third-order valence-corrected chi connectivity index (χ3v) is 5.56. The summed E-state index contributed by atoms with van der Waals surface area (Å²) in [6.07, 6.45) is 4.59. The Kier molecular flexibility index (Phi) is 5.68. The van der Waals surface area contributed by atoms with Gasteiger partial charge in [0.1, 0.15) is 0 Å². The van der Waals surface area contributed by atoms with Crippen LogP contribution in [0.3, 0.4) is 0 Å². The minimum atomic E-state index is 0.0998. The minimum absolute atomic E-state index is 0.0998. The summed E-state index contributed by atoms with van der Waals surface area (Å²) in [4.78, 5) is 18.9. The van der Waals surface area contributed by atoms with E-state index in [9.17, 15) is 4.79 Å². The van der Waals surface area contributed by atoms with E-state index in [4.69, 9.17) is 10.5 Å². The van der Waals surface area contributed by atoms with Gasteiger partial charge in [-0.3, -0.25) is 14.6 Å². The zero-order valence-electron chi connectivity index (χ0n) is 13.6. The SMILES string of the molecule is NCC(=O)N1CCC(N2CCN(C3CCOCC3)CC2)CC1. The molecule has 0 saturated carbocycles. The van der Waals surface area contributed by atoms with Crippen molar-refractivity contribution < 1.29 is 9.53 Å². The molecular formula is C16H30N4O2. The van der Waals surface area contributed by atoms with Crippen molar-refractivity contribution in [2.75, 3.05) is 59.0 Å². The number of likely N-dealkylation sites (tertiary alicyclic amines) is 1. The highest BCUT2D eigenvalue weighted by atomic mass is 16.5. The molecule has 0 unspecified atom stereocenters. The molecule has 3 fully saturated rings. The smallest absolute Gasteiger partial charge is 0.236 e. The number of rotatable bonds is 3. The second-order valence-corrected chi connectivity index (χ2v) is 6.73. The lowest BCUT2D eigenvalue weighted by atomic mass is 10.0. The number of carbonyl (C=O) groups excluding carboxylic acids is 1. The van der Waals surface area contributed by atoms with Gasteiger partial charge in [0, 0.05) is 64.6 Å². The van der Waals surface area contributed by atoms with Gasteiger partial charge in [-0.15, -0.1) is 0 Å². The molecule has 0 aromatic carbocycles. The van der Waals surface area contributed by atoms with E-state index in [1.54, 1.807) is 0 Å². The Hall–Kier alpha value is -0.690. The fourth-order valence-electron chi connectivity index (χ4n) is 4.13. The molecule has 0 spiro atoms. The summed E-state index contributed by atoms with van der Waals surface area (Å²) in [6.45, 7) is 8.48. The Labute approximate surface area is 133 Å². The first-order valence-electron chi connectivity index (χ1n) is 8.81. The maximum atomic E-state index is 11.6. The molecule has 6 heteroatoms. The Bertz CT molecular complexity index is 357. The molecule has 0 bridgehead atoms. The van der Waals surface area contributed by atoms with Crippen molar-refractivity contribution in [1.29, 1.82) is 0 Å². The Morgan fingerprint density at radius 1 is 0.864 bits per heavy atom. The molecule has 0 aliphatic carbocycles. The van der Waals surface area contributed by atoms with Gasteiger partial charge in [0.15, 0.2) is 0 Å². The summed E-state index contributed by atoms with van der Waals surface area (Å²) < 4.78 is 5.47. The second-order valence-electron chi connectivity index (χ2n) is 6.73. The lowest BCUT2D eigenvalue weighted by Gasteiger charge is -2.45. The van der Waals surface area contributed by atoms with Crippen molar-refractivity contribution in [1.82, 2.24) is 14.7 Å². The summed E-state index contributed by atoms with van der Waals surface area (Å²) in [5.74, 6) is 0.0998. The van der Waals surface area contributed by atoms with Crippen molar-refractivity contribution in [3.05, 3.63) is 0 Å². The van der Waals surface area contributed by atoms with Gasteiger partial charge >= 0.3 is 0 Å². The zero-order valence-corrected chi connectivity index (χ0v) is 13.6. The number of nitrogens with two attached hydrogens (primary N) is 1. The molecule has 1 amide bonds. The molecule has 3 heterocycles. The molecule has 0 atom stereocenters. The second kappa shape index (κ2) is 7.73. The van der Waals surface area contributed by atoms with Gasteiger partial charge in [-0.1, -0.05) is 0 Å². The van der Waals surface area contributed by atoms with Crippen molar-refractivity contribution in [2.45, 2.75) is 37.8 Å². The highest BCUT2D eigenvalue weighted by Crippen LogP contribution is 2.21. The molecule has 0 aromatic rings. The summed E-state index contributed by atoms with van der Waals surface area (Å²) in [5.41, 5.74) is 5.45. The number of ether oxygens (including phenoxy) is 1. The van der Waals surface area contributed by atoms with Crippen LogP contribution < -0.4 is 5.73 Å². The molecule has 3 aliphatic rings. The lowest BCUT2D eigenvalue weighted by Crippen LogP contribution is -2.56. The predicted molar refractivity (Wildman–Crippen MR) is 85.6 cm³/mol. The van der Waals surface area contributed by atoms with Crippen LogP contribution in [0.2, 0.25) is 0 Å². The van der Waals surface area contributed by atoms with Gasteiger partial charge in [0.05, 0.1) is 6.54 Å². The van der Waals surface area contributed by atoms with Crippen LogP contribution in [0.25, 0.3) is 0 Å². The van der Waals surface area contributed by atoms with E-state index in [-0.39, 0.29) is 12.5 Å². The molecule has 2 N–H and O–H groups in total. The first-order chi connectivity index (χ1) is 10.8. The molecule has 6 nitrogen and oxygen atoms in total. The van der Waals surface area contributed by atoms with Crippen molar-refractivity contribution in [3.8, 4) is 0 Å². The van der Waals surface area contributed by atoms with Gasteiger partial charge in [-0.05, 0) is 25.7 Å². The fourth-order valence-corrected chi connectivity index (χ4v) is 4.13. The lowest BCUT2D eigenvalue weighted by molar-refractivity contribution is -0.131. The van der Waals surface area contributed by atoms with Gasteiger partial charge in [-0.2, -0.15) is 0 Å². The largest absolute Gasteiger partial charge is 0.381 e. The van der Waals surface area contributed by atoms with E-state index in [1.165, 1.54) is 39.0 Å². The number of amides is 1. The minimum Gasteiger partial charge on any atom is -0.381 e. The van der Waals surface area contributed by atoms with Gasteiger partial charge in [-0.25, -0.2) is 0 Å². The van der Waals surface area contributed by atoms with Crippen LogP contribution >= 0.6 is 0 Å². The van der Waals surface area contributed by atoms with Gasteiger partial charge < -0.3 is 15.4 Å². The summed E-state index contributed by atoms with van der Waals surface area (Å²) in [7, 11) is 0. The van der Waals surface area contributed by atoms with Crippen molar-refractivity contribution in [3.63, 3.8) is 0 Å². The predicted octanol–water partition coefficient (Wildman–Crippen LogP) is -0.267. The maximum Gasteiger partial charge on any atom is 0.236 e. The van der Waals surface area contributed by atoms with Crippen LogP contribution in [-0.4, -0.2) is 91.7 Å². The van der Waals surface area contributed by atoms with Crippen LogP contribution in [0.4, 0.5) is 0 Å². The topological polar surface area (TPSA) is 62.0 Å². The molecule has 3 rings (SSSR count). The van der Waals surface area contributed by atoms with Gasteiger partial charge in [0.2, 0.25) is 5.91 Å². The van der Waals surface area contributed by atoms with Crippen LogP contribution in [-0.2, 0) is 9.53 Å². The Balaban J connectivity index is 1.41. The van der Waals surface area contributed by atoms with Crippen LogP contribution in [0.15, 0.2) is 0 Å². The standard InChI is InChI=1S/C16H30N4O2/c17-13-16(21)20-5-1-14(2-6-20)18-7-9-19(10-8-18)15-3-11-22-12-4-15/h14-15H,1-13,17H2. The van der Waals surface area contributed by atoms with Crippen molar-refractivity contribution >= 4 is 5.91 Å². The molecule has 126 valence electrons.